The average Bonchev–Trinajstić information content (AvgIpc) is 1.63. The van der Waals surface area contributed by atoms with Gasteiger partial charge in [0.1, 0.15) is 78.0 Å². The highest BCUT2D eigenvalue weighted by atomic mass is 32.2. The molecule has 130 heavy (non-hydrogen) atoms. The molecule has 1 fully saturated rings. The number of para-hydroxylation sites is 1. The van der Waals surface area contributed by atoms with Crippen LogP contribution in [0, 0.1) is 11.8 Å². The second-order valence-electron chi connectivity index (χ2n) is 33.4. The number of primary amides is 1. The molecule has 8 rings (SSSR count). The van der Waals surface area contributed by atoms with Crippen molar-refractivity contribution in [3.8, 4) is 11.5 Å². The number of aromatic hydroxyl groups is 2. The van der Waals surface area contributed by atoms with Crippen molar-refractivity contribution >= 4 is 117 Å². The zero-order chi connectivity index (χ0) is 95.0. The maximum absolute atomic E-state index is 15.6. The Kier molecular flexibility index (Phi) is 38.8. The van der Waals surface area contributed by atoms with Crippen molar-refractivity contribution in [1.82, 2.24) is 77.3 Å². The van der Waals surface area contributed by atoms with E-state index in [9.17, 15) is 53.7 Å². The van der Waals surface area contributed by atoms with E-state index in [0.29, 0.717) is 57.1 Å². The topological polar surface area (TPSA) is 500 Å². The number of carbonyl (C=O) groups is 16. The minimum Gasteiger partial charge on any atom is -0.508 e. The number of phenolic OH excluding ortho intramolecular Hbond substituents is 2. The van der Waals surface area contributed by atoms with Crippen molar-refractivity contribution in [2.75, 3.05) is 66.4 Å². The smallest absolute Gasteiger partial charge is 0.303 e. The molecule has 1 aliphatic rings. The van der Waals surface area contributed by atoms with E-state index < -0.39 is 205 Å². The van der Waals surface area contributed by atoms with Crippen LogP contribution < -0.4 is 53.6 Å². The van der Waals surface area contributed by atoms with Crippen molar-refractivity contribution in [3.63, 3.8) is 0 Å². The quantitative estimate of drug-likeness (QED) is 0.0413. The number of carboxylic acid groups (broad SMARTS) is 1. The first-order valence-corrected chi connectivity index (χ1v) is 44.3. The number of hydrogen-bond acceptors (Lipinski definition) is 19. The number of unbranched alkanes of at least 4 members (excludes halogenated alkanes) is 1. The summed E-state index contributed by atoms with van der Waals surface area (Å²) in [5.74, 6) is -16.9. The Bertz CT molecular complexity index is 5090. The molecular weight excluding hydrogens is 1690 g/mol. The van der Waals surface area contributed by atoms with Crippen molar-refractivity contribution < 1.29 is 92.0 Å². The second kappa shape index (κ2) is 49.6. The number of rotatable bonds is 24. The predicted octanol–water partition coefficient (Wildman–Crippen LogP) is 2.72. The van der Waals surface area contributed by atoms with Crippen molar-refractivity contribution in [3.05, 3.63) is 203 Å². The Morgan fingerprint density at radius 2 is 0.900 bits per heavy atom. The lowest BCUT2D eigenvalue weighted by Gasteiger charge is -2.37. The van der Waals surface area contributed by atoms with Gasteiger partial charge in [-0.1, -0.05) is 181 Å². The largest absolute Gasteiger partial charge is 0.508 e. The summed E-state index contributed by atoms with van der Waals surface area (Å²) in [6.45, 7) is 6.29. The Morgan fingerprint density at radius 1 is 0.454 bits per heavy atom. The number of phenols is 2. The van der Waals surface area contributed by atoms with Crippen LogP contribution in [0.3, 0.4) is 0 Å². The van der Waals surface area contributed by atoms with Gasteiger partial charge in [0.15, 0.2) is 0 Å². The molecule has 0 bridgehead atoms. The third-order valence-electron chi connectivity index (χ3n) is 22.3. The summed E-state index contributed by atoms with van der Waals surface area (Å²) >= 11 is 0.832. The van der Waals surface area contributed by atoms with Gasteiger partial charge < -0.3 is 98.4 Å². The zero-order valence-electron chi connectivity index (χ0n) is 74.8. The fourth-order valence-corrected chi connectivity index (χ4v) is 16.0. The van der Waals surface area contributed by atoms with Gasteiger partial charge in [0.2, 0.25) is 88.6 Å². The Labute approximate surface area is 759 Å². The van der Waals surface area contributed by atoms with E-state index in [1.54, 1.807) is 149 Å². The first-order valence-electron chi connectivity index (χ1n) is 43.2. The zero-order valence-corrected chi connectivity index (χ0v) is 75.6. The number of nitrogens with zero attached hydrogens (tertiary/aromatic N) is 5. The van der Waals surface area contributed by atoms with E-state index in [0.717, 1.165) is 26.5 Å². The first kappa shape index (κ1) is 102. The van der Waals surface area contributed by atoms with Crippen molar-refractivity contribution in [2.45, 2.75) is 178 Å². The molecule has 0 saturated carbocycles. The summed E-state index contributed by atoms with van der Waals surface area (Å²) in [6, 6.07) is 27.7. The molecule has 35 nitrogen and oxygen atoms in total. The number of amides is 15. The highest BCUT2D eigenvalue weighted by molar-refractivity contribution is 8.00. The minimum atomic E-state index is -1.68. The number of hydrogen-bond donors (Lipinski definition) is 14. The van der Waals surface area contributed by atoms with Crippen LogP contribution in [0.25, 0.3) is 10.9 Å². The van der Waals surface area contributed by atoms with Crippen LogP contribution in [-0.4, -0.2) is 272 Å². The Morgan fingerprint density at radius 3 is 1.44 bits per heavy atom. The summed E-state index contributed by atoms with van der Waals surface area (Å²) in [5, 5.41) is 55.6. The molecule has 15 amide bonds. The van der Waals surface area contributed by atoms with Crippen LogP contribution in [0.5, 0.6) is 11.5 Å². The molecule has 1 aromatic heterocycles. The second-order valence-corrected chi connectivity index (χ2v) is 34.4. The molecular formula is C94H120N16O19S. The number of aromatic nitrogens is 1. The maximum Gasteiger partial charge on any atom is 0.303 e. The van der Waals surface area contributed by atoms with Crippen molar-refractivity contribution in [2.24, 2.45) is 17.6 Å². The maximum atomic E-state index is 15.6. The standard InChI is InChI=1S/C94H120N16O19S/c1-11-12-32-75-92(127)107(7)53-79(114)98-68(41-42-82(117)118)85(120)105-83(57(4)5)94(129)109(9)76(47-59-26-18-14-19-27-59)89(124)103-72(46-62-35-39-65(112)40-36-62)90(125)106(6)52-80(115)99-71(49-63-50-96-67-31-23-22-30-66(63)67)88(123)102-70(44-61-33-37-64(111)38-34-61)87(122)101-69(43-56(2)3)86(121)104-74(84(119)97-51-78(95)113)54-130-55-81(116)100-73(45-58-24-16-13-17-25-58)91(126)110(10)77(93(128)108(75)8)48-60-28-20-15-21-29-60/h13-31,33-40,50,56-57,68-77,83,96,111-112H,11-12,32,41-49,51-55H2,1-10H3,(H2,95,113)(H,97,119)(H,98,114)(H,99,115)(H,100,116)(H,101,122)(H,102,123)(H,103,124)(H,104,121)(H,105,120)(H,117,118). The van der Waals surface area contributed by atoms with Gasteiger partial charge in [-0.05, 0) is 94.8 Å². The van der Waals surface area contributed by atoms with E-state index in [4.69, 9.17) is 5.73 Å². The van der Waals surface area contributed by atoms with Crippen LogP contribution in [0.1, 0.15) is 107 Å². The Balaban J connectivity index is 1.21. The lowest BCUT2D eigenvalue weighted by molar-refractivity contribution is -0.151. The van der Waals surface area contributed by atoms with E-state index >= 15 is 38.4 Å². The number of carbonyl (C=O) groups excluding carboxylic acids is 15. The van der Waals surface area contributed by atoms with E-state index in [-0.39, 0.29) is 74.5 Å². The van der Waals surface area contributed by atoms with Gasteiger partial charge in [-0.15, -0.1) is 11.8 Å². The molecule has 7 aromatic rings. The number of carboxylic acids is 1. The fourth-order valence-electron chi connectivity index (χ4n) is 15.1. The lowest BCUT2D eigenvalue weighted by Crippen LogP contribution is -2.61. The minimum absolute atomic E-state index is 0.0434. The van der Waals surface area contributed by atoms with Crippen LogP contribution in [0.4, 0.5) is 0 Å². The summed E-state index contributed by atoms with van der Waals surface area (Å²) in [5.41, 5.74) is 9.15. The number of likely N-dealkylation sites (N-methyl/N-ethyl adjacent to an activating group) is 5. The monoisotopic (exact) mass is 1810 g/mol. The molecule has 0 radical (unpaired) electrons. The molecule has 1 saturated heterocycles. The molecule has 1 aliphatic heterocycles. The van der Waals surface area contributed by atoms with Gasteiger partial charge in [-0.2, -0.15) is 0 Å². The highest BCUT2D eigenvalue weighted by Crippen LogP contribution is 2.25. The van der Waals surface area contributed by atoms with Gasteiger partial charge in [-0.3, -0.25) is 76.7 Å². The lowest BCUT2D eigenvalue weighted by atomic mass is 9.98. The van der Waals surface area contributed by atoms with Crippen LogP contribution >= 0.6 is 11.8 Å². The SMILES string of the molecule is CCCCC1C(=O)N(C)CC(=O)NC(CCC(=O)O)C(=O)NC(C(C)C)C(=O)N(C)C(Cc2ccccc2)C(=O)NC(Cc2ccc(O)cc2)C(=O)N(C)CC(=O)NC(Cc2c[nH]c3ccccc23)C(=O)NC(Cc2ccc(O)cc2)C(=O)NC(CC(C)C)C(=O)NC(C(=O)NCC(N)=O)CSCC(=O)NC(Cc2ccccc2)C(=O)N(C)C(Cc2ccccc2)C(=O)N1C. The van der Waals surface area contributed by atoms with Crippen LogP contribution in [0.15, 0.2) is 170 Å². The van der Waals surface area contributed by atoms with Gasteiger partial charge in [0.25, 0.3) is 0 Å². The number of thioether (sulfide) groups is 1. The highest BCUT2D eigenvalue weighted by Gasteiger charge is 2.42. The number of fused-ring (bicyclic) bond motifs is 1. The van der Waals surface area contributed by atoms with E-state index in [2.05, 4.69) is 52.8 Å². The normalized spacial score (nSPS) is 21.8. The summed E-state index contributed by atoms with van der Waals surface area (Å²) in [7, 11) is 6.61. The summed E-state index contributed by atoms with van der Waals surface area (Å²) in [6.07, 6.45) is -0.00654. The molecule has 2 heterocycles. The number of aliphatic carboxylic acids is 1. The number of benzene rings is 6. The van der Waals surface area contributed by atoms with E-state index in [1.165, 1.54) is 93.6 Å². The number of H-pyrrole nitrogens is 1. The average molecular weight is 1810 g/mol. The van der Waals surface area contributed by atoms with Crippen LogP contribution in [-0.2, 0) is 115 Å². The third-order valence-corrected chi connectivity index (χ3v) is 23.4. The fraction of sp³-hybridized carbons (Fsp3) is 0.426. The van der Waals surface area contributed by atoms with Crippen LogP contribution in [0.2, 0.25) is 0 Å². The molecule has 15 N–H and O–H groups in total. The van der Waals surface area contributed by atoms with Crippen molar-refractivity contribution in [1.29, 1.82) is 0 Å². The molecule has 6 aromatic carbocycles. The van der Waals surface area contributed by atoms with Gasteiger partial charge in [0, 0.05) is 103 Å². The molecule has 0 spiro atoms. The van der Waals surface area contributed by atoms with Gasteiger partial charge >= 0.3 is 5.97 Å². The molecule has 11 unspecified atom stereocenters. The first-order chi connectivity index (χ1) is 61.9. The summed E-state index contributed by atoms with van der Waals surface area (Å²) in [4.78, 5) is 244. The molecule has 0 aliphatic carbocycles. The van der Waals surface area contributed by atoms with E-state index in [1.807, 2.05) is 6.92 Å². The Hall–Kier alpha value is -13.7. The van der Waals surface area contributed by atoms with Gasteiger partial charge in [-0.25, -0.2) is 0 Å². The third kappa shape index (κ3) is 30.8. The number of aromatic amines is 1. The number of nitrogens with two attached hydrogens (primary N) is 1. The van der Waals surface area contributed by atoms with Gasteiger partial charge in [0.05, 0.1) is 25.4 Å². The number of nitrogens with one attached hydrogen (secondary N) is 10. The summed E-state index contributed by atoms with van der Waals surface area (Å²) < 4.78 is 0. The predicted molar refractivity (Wildman–Crippen MR) is 487 cm³/mol. The molecule has 11 atom stereocenters. The molecule has 696 valence electrons. The molecule has 36 heteroatoms.